The van der Waals surface area contributed by atoms with Gasteiger partial charge < -0.3 is 24.8 Å². The minimum absolute atomic E-state index is 0.196. The molecule has 1 saturated heterocycles. The maximum absolute atomic E-state index is 11.8. The topological polar surface area (TPSA) is 84.3 Å². The molecule has 1 amide bonds. The summed E-state index contributed by atoms with van der Waals surface area (Å²) in [5.74, 6) is 1.09. The van der Waals surface area contributed by atoms with Crippen LogP contribution in [0.3, 0.4) is 0 Å². The van der Waals surface area contributed by atoms with Crippen molar-refractivity contribution in [3.63, 3.8) is 0 Å². The standard InChI is InChI=1S/C26H23ClN6O2S/c1-16(34)30-20-14-18(9-10-22(20)35-2)33-25(24(31-26(33)36)19-6-3-4-12-28-19)21-7-5-13-32(21)23-11-8-17(27)15-29-23/h3-15,24-25H,1-2H3,(H,30,34)(H,31,36)/t24-,25+/m1/s1. The summed E-state index contributed by atoms with van der Waals surface area (Å²) in [5.41, 5.74) is 3.14. The molecule has 4 aromatic rings. The summed E-state index contributed by atoms with van der Waals surface area (Å²) >= 11 is 11.9. The zero-order chi connectivity index (χ0) is 25.2. The normalized spacial score (nSPS) is 17.1. The highest BCUT2D eigenvalue weighted by atomic mass is 35.5. The molecule has 5 rings (SSSR count). The third-order valence-electron chi connectivity index (χ3n) is 5.91. The average molecular weight is 519 g/mol. The lowest BCUT2D eigenvalue weighted by atomic mass is 10.0. The summed E-state index contributed by atoms with van der Waals surface area (Å²) in [5, 5.41) is 7.40. The van der Waals surface area contributed by atoms with Crippen LogP contribution in [0, 0.1) is 0 Å². The monoisotopic (exact) mass is 518 g/mol. The lowest BCUT2D eigenvalue weighted by Crippen LogP contribution is -2.30. The molecular formula is C26H23ClN6O2S. The molecule has 2 atom stereocenters. The van der Waals surface area contributed by atoms with Crippen molar-refractivity contribution in [1.29, 1.82) is 0 Å². The first-order valence-corrected chi connectivity index (χ1v) is 12.0. The van der Waals surface area contributed by atoms with Gasteiger partial charge in [-0.2, -0.15) is 0 Å². The number of nitrogens with one attached hydrogen (secondary N) is 2. The molecule has 0 saturated carbocycles. The van der Waals surface area contributed by atoms with Gasteiger partial charge in [0.2, 0.25) is 5.91 Å². The first-order valence-electron chi connectivity index (χ1n) is 11.2. The summed E-state index contributed by atoms with van der Waals surface area (Å²) in [6, 6.07) is 18.6. The van der Waals surface area contributed by atoms with E-state index in [0.717, 1.165) is 22.9 Å². The third kappa shape index (κ3) is 4.50. The summed E-state index contributed by atoms with van der Waals surface area (Å²) < 4.78 is 7.46. The Bertz CT molecular complexity index is 1410. The first-order chi connectivity index (χ1) is 17.5. The number of ether oxygens (including phenoxy) is 1. The number of carbonyl (C=O) groups excluding carboxylic acids is 1. The number of benzene rings is 1. The van der Waals surface area contributed by atoms with E-state index in [1.54, 1.807) is 19.5 Å². The van der Waals surface area contributed by atoms with E-state index in [1.165, 1.54) is 6.92 Å². The number of aromatic nitrogens is 3. The van der Waals surface area contributed by atoms with E-state index in [2.05, 4.69) is 20.6 Å². The Balaban J connectivity index is 1.66. The van der Waals surface area contributed by atoms with Gasteiger partial charge in [0.1, 0.15) is 17.6 Å². The van der Waals surface area contributed by atoms with Gasteiger partial charge in [0.25, 0.3) is 0 Å². The fourth-order valence-corrected chi connectivity index (χ4v) is 4.88. The number of halogens is 1. The molecule has 0 radical (unpaired) electrons. The molecule has 0 unspecified atom stereocenters. The van der Waals surface area contributed by atoms with E-state index < -0.39 is 0 Å². The molecule has 8 nitrogen and oxygen atoms in total. The molecule has 36 heavy (non-hydrogen) atoms. The quantitative estimate of drug-likeness (QED) is 0.345. The van der Waals surface area contributed by atoms with Crippen LogP contribution in [0.25, 0.3) is 5.82 Å². The number of carbonyl (C=O) groups is 1. The van der Waals surface area contributed by atoms with E-state index >= 15 is 0 Å². The molecule has 1 aliphatic rings. The number of hydrogen-bond donors (Lipinski definition) is 2. The van der Waals surface area contributed by atoms with Crippen molar-refractivity contribution >= 4 is 46.2 Å². The van der Waals surface area contributed by atoms with E-state index in [4.69, 9.17) is 28.6 Å². The van der Waals surface area contributed by atoms with Crippen LogP contribution in [0.5, 0.6) is 5.75 Å². The highest BCUT2D eigenvalue weighted by molar-refractivity contribution is 7.80. The number of rotatable bonds is 6. The second kappa shape index (κ2) is 9.96. The Labute approximate surface area is 218 Å². The van der Waals surface area contributed by atoms with Crippen LogP contribution in [0.15, 0.2) is 79.3 Å². The summed E-state index contributed by atoms with van der Waals surface area (Å²) in [6.45, 7) is 1.46. The minimum Gasteiger partial charge on any atom is -0.495 e. The van der Waals surface area contributed by atoms with Crippen molar-refractivity contribution < 1.29 is 9.53 Å². The summed E-state index contributed by atoms with van der Waals surface area (Å²) in [6.07, 6.45) is 5.34. The van der Waals surface area contributed by atoms with Crippen LogP contribution in [0.1, 0.15) is 30.4 Å². The van der Waals surface area contributed by atoms with Gasteiger partial charge in [-0.05, 0) is 66.8 Å². The number of amides is 1. The number of thiocarbonyl (C=S) groups is 1. The summed E-state index contributed by atoms with van der Waals surface area (Å²) in [7, 11) is 1.56. The Hall–Kier alpha value is -3.95. The van der Waals surface area contributed by atoms with Crippen LogP contribution in [-0.4, -0.2) is 32.7 Å². The molecule has 3 aromatic heterocycles. The van der Waals surface area contributed by atoms with Crippen molar-refractivity contribution in [3.05, 3.63) is 95.7 Å². The number of methoxy groups -OCH3 is 1. The zero-order valence-electron chi connectivity index (χ0n) is 19.6. The fraction of sp³-hybridized carbons (Fsp3) is 0.154. The highest BCUT2D eigenvalue weighted by Gasteiger charge is 2.42. The van der Waals surface area contributed by atoms with Crippen molar-refractivity contribution in [1.82, 2.24) is 19.9 Å². The van der Waals surface area contributed by atoms with Gasteiger partial charge in [-0.3, -0.25) is 9.78 Å². The van der Waals surface area contributed by atoms with Crippen LogP contribution in [0.2, 0.25) is 5.02 Å². The first kappa shape index (κ1) is 23.8. The smallest absolute Gasteiger partial charge is 0.221 e. The number of pyridine rings is 2. The Morgan fingerprint density at radius 2 is 2.00 bits per heavy atom. The van der Waals surface area contributed by atoms with Gasteiger partial charge in [-0.1, -0.05) is 17.7 Å². The Morgan fingerprint density at radius 3 is 2.69 bits per heavy atom. The van der Waals surface area contributed by atoms with Gasteiger partial charge in [-0.25, -0.2) is 4.98 Å². The Morgan fingerprint density at radius 1 is 1.14 bits per heavy atom. The predicted molar refractivity (Wildman–Crippen MR) is 144 cm³/mol. The van der Waals surface area contributed by atoms with E-state index in [0.29, 0.717) is 21.6 Å². The minimum atomic E-state index is -0.279. The molecule has 2 N–H and O–H groups in total. The molecule has 0 bridgehead atoms. The highest BCUT2D eigenvalue weighted by Crippen LogP contribution is 2.43. The van der Waals surface area contributed by atoms with Crippen molar-refractivity contribution in [3.8, 4) is 11.6 Å². The van der Waals surface area contributed by atoms with E-state index in [-0.39, 0.29) is 18.0 Å². The SMILES string of the molecule is COc1ccc(N2C(=S)N[C@H](c3ccccn3)[C@@H]2c2cccn2-c2ccc(Cl)cn2)cc1NC(C)=O. The van der Waals surface area contributed by atoms with Gasteiger partial charge in [0.15, 0.2) is 5.11 Å². The molecule has 4 heterocycles. The zero-order valence-corrected chi connectivity index (χ0v) is 21.1. The molecule has 10 heteroatoms. The van der Waals surface area contributed by atoms with Gasteiger partial charge in [0, 0.05) is 36.9 Å². The number of nitrogens with zero attached hydrogens (tertiary/aromatic N) is 4. The van der Waals surface area contributed by atoms with E-state index in [9.17, 15) is 4.79 Å². The van der Waals surface area contributed by atoms with Crippen molar-refractivity contribution in [2.75, 3.05) is 17.3 Å². The molecule has 1 aromatic carbocycles. The lowest BCUT2D eigenvalue weighted by Gasteiger charge is -2.29. The lowest BCUT2D eigenvalue weighted by molar-refractivity contribution is -0.114. The number of anilines is 2. The molecular weight excluding hydrogens is 496 g/mol. The Kier molecular flexibility index (Phi) is 6.58. The van der Waals surface area contributed by atoms with E-state index in [1.807, 2.05) is 76.3 Å². The molecule has 1 aliphatic heterocycles. The van der Waals surface area contributed by atoms with Crippen LogP contribution < -0.4 is 20.3 Å². The maximum atomic E-state index is 11.8. The molecule has 0 spiro atoms. The van der Waals surface area contributed by atoms with Crippen LogP contribution in [-0.2, 0) is 4.79 Å². The van der Waals surface area contributed by atoms with Crippen LogP contribution in [0.4, 0.5) is 11.4 Å². The molecule has 182 valence electrons. The molecule has 1 fully saturated rings. The van der Waals surface area contributed by atoms with Crippen molar-refractivity contribution in [2.45, 2.75) is 19.0 Å². The van der Waals surface area contributed by atoms with Crippen LogP contribution >= 0.6 is 23.8 Å². The predicted octanol–water partition coefficient (Wildman–Crippen LogP) is 5.06. The second-order valence-corrected chi connectivity index (χ2v) is 9.02. The van der Waals surface area contributed by atoms with Crippen molar-refractivity contribution in [2.24, 2.45) is 0 Å². The third-order valence-corrected chi connectivity index (χ3v) is 6.45. The second-order valence-electron chi connectivity index (χ2n) is 8.20. The maximum Gasteiger partial charge on any atom is 0.221 e. The summed E-state index contributed by atoms with van der Waals surface area (Å²) in [4.78, 5) is 23.0. The van der Waals surface area contributed by atoms with Gasteiger partial charge >= 0.3 is 0 Å². The average Bonchev–Trinajstić information content (AvgIpc) is 3.49. The van der Waals surface area contributed by atoms with Gasteiger partial charge in [0.05, 0.1) is 29.6 Å². The van der Waals surface area contributed by atoms with Gasteiger partial charge in [-0.15, -0.1) is 0 Å². The fourth-order valence-electron chi connectivity index (χ4n) is 4.42. The number of hydrogen-bond acceptors (Lipinski definition) is 5. The largest absolute Gasteiger partial charge is 0.495 e. The molecule has 0 aliphatic carbocycles.